The Hall–Kier alpha value is -6.22. The first-order valence-corrected chi connectivity index (χ1v) is 17.0. The fourth-order valence-corrected chi connectivity index (χ4v) is 4.37. The number of nitrogens with one attached hydrogen (secondary N) is 1. The molecule has 5 rings (SSSR count). The van der Waals surface area contributed by atoms with Gasteiger partial charge in [-0.1, -0.05) is 142 Å². The first kappa shape index (κ1) is 42.9. The van der Waals surface area contributed by atoms with Gasteiger partial charge in [0.1, 0.15) is 0 Å². The number of hydrogen-bond donors (Lipinski definition) is 2. The Morgan fingerprint density at radius 2 is 1.40 bits per heavy atom. The zero-order valence-electron chi connectivity index (χ0n) is 31.1. The first-order chi connectivity index (χ1) is 25.4. The Kier molecular flexibility index (Phi) is 18.3. The number of aromatic nitrogens is 2. The Balaban J connectivity index is 0.000000291. The average molecular weight is 719 g/mol. The predicted octanol–water partition coefficient (Wildman–Crippen LogP) is 11.3. The van der Waals surface area contributed by atoms with Crippen LogP contribution in [0.3, 0.4) is 0 Å². The van der Waals surface area contributed by atoms with Gasteiger partial charge in [0.2, 0.25) is 0 Å². The lowest BCUT2D eigenvalue weighted by Crippen LogP contribution is -2.18. The molecule has 5 aromatic rings. The summed E-state index contributed by atoms with van der Waals surface area (Å²) in [6.45, 7) is 16.3. The molecule has 0 aliphatic rings. The molecule has 1 heterocycles. The number of carboxylic acid groups (broad SMARTS) is 1. The van der Waals surface area contributed by atoms with Crippen LogP contribution >= 0.6 is 0 Å². The highest BCUT2D eigenvalue weighted by atomic mass is 19.2. The molecule has 7 nitrogen and oxygen atoms in total. The number of aromatic carboxylic acids is 1. The van der Waals surface area contributed by atoms with Crippen molar-refractivity contribution in [1.82, 2.24) is 10.2 Å². The third-order valence-electron chi connectivity index (χ3n) is 7.73. The van der Waals surface area contributed by atoms with E-state index in [4.69, 9.17) is 5.11 Å². The largest absolute Gasteiger partial charge is 0.478 e. The number of allylic oxidation sites excluding steroid dienone is 2. The number of benzene rings is 4. The number of carboxylic acids is 1. The number of rotatable bonds is 9. The van der Waals surface area contributed by atoms with Gasteiger partial charge in [-0.3, -0.25) is 4.79 Å². The van der Waals surface area contributed by atoms with Crippen molar-refractivity contribution in [1.29, 1.82) is 0 Å². The van der Waals surface area contributed by atoms with E-state index in [1.165, 1.54) is 41.4 Å². The van der Waals surface area contributed by atoms with E-state index in [0.717, 1.165) is 0 Å². The molecule has 0 bridgehead atoms. The summed E-state index contributed by atoms with van der Waals surface area (Å²) in [5.41, 5.74) is 3.23. The van der Waals surface area contributed by atoms with Crippen LogP contribution in [0.1, 0.15) is 78.6 Å². The summed E-state index contributed by atoms with van der Waals surface area (Å²) in [4.78, 5) is 24.9. The van der Waals surface area contributed by atoms with Crippen LogP contribution in [-0.4, -0.2) is 27.2 Å². The number of carbonyl (C=O) groups is 2. The topological polar surface area (TPSA) is 95.4 Å². The smallest absolute Gasteiger partial charge is 0.337 e. The van der Waals surface area contributed by atoms with Crippen molar-refractivity contribution in [2.24, 2.45) is 0 Å². The number of hydrogen-bond acceptors (Lipinski definition) is 5. The van der Waals surface area contributed by atoms with Crippen molar-refractivity contribution < 1.29 is 23.5 Å². The Morgan fingerprint density at radius 3 is 1.85 bits per heavy atom. The number of amides is 1. The van der Waals surface area contributed by atoms with Crippen LogP contribution in [-0.2, 0) is 5.41 Å². The molecule has 4 aromatic carbocycles. The highest BCUT2D eigenvalue weighted by molar-refractivity contribution is 6.06. The van der Waals surface area contributed by atoms with Gasteiger partial charge in [0, 0.05) is 18.5 Å². The van der Waals surface area contributed by atoms with Gasteiger partial charge < -0.3 is 15.3 Å². The molecule has 0 saturated carbocycles. The minimum Gasteiger partial charge on any atom is -0.478 e. The quantitative estimate of drug-likeness (QED) is 0.158. The van der Waals surface area contributed by atoms with Crippen LogP contribution in [0.25, 0.3) is 6.08 Å². The van der Waals surface area contributed by atoms with E-state index in [2.05, 4.69) is 110 Å². The van der Waals surface area contributed by atoms with Crippen LogP contribution in [0.2, 0.25) is 0 Å². The van der Waals surface area contributed by atoms with E-state index in [1.54, 1.807) is 24.1 Å². The lowest BCUT2D eigenvalue weighted by atomic mass is 9.82. The number of carbonyl (C=O) groups excluding carboxylic acids is 1. The SMILES string of the molecule is C/C=C/c1ccccc1.C=CN(/C=C\C)c1ccc(C(=O)Nc2cc(F)c(F)cc2C(=O)O)nn1.CCC(C)(C)c1ccccc1.Cc1ccccc1. The molecule has 0 aliphatic heterocycles. The van der Waals surface area contributed by atoms with Gasteiger partial charge in [0.05, 0.1) is 11.3 Å². The van der Waals surface area contributed by atoms with Gasteiger partial charge >= 0.3 is 5.97 Å². The molecule has 0 radical (unpaired) electrons. The van der Waals surface area contributed by atoms with Crippen molar-refractivity contribution >= 4 is 29.5 Å². The molecule has 0 unspecified atom stereocenters. The summed E-state index contributed by atoms with van der Waals surface area (Å²) in [6, 6.07) is 35.1. The first-order valence-electron chi connectivity index (χ1n) is 17.0. The van der Waals surface area contributed by atoms with Gasteiger partial charge in [-0.2, -0.15) is 0 Å². The Labute approximate surface area is 312 Å². The second-order valence-electron chi connectivity index (χ2n) is 12.1. The molecule has 1 amide bonds. The normalized spacial score (nSPS) is 10.5. The maximum absolute atomic E-state index is 13.4. The third kappa shape index (κ3) is 14.9. The molecule has 0 saturated heterocycles. The lowest BCUT2D eigenvalue weighted by Gasteiger charge is -2.22. The monoisotopic (exact) mass is 718 g/mol. The maximum atomic E-state index is 13.4. The van der Waals surface area contributed by atoms with Crippen molar-refractivity contribution in [3.05, 3.63) is 186 Å². The Bertz CT molecular complexity index is 1910. The van der Waals surface area contributed by atoms with Gasteiger partial charge in [0.15, 0.2) is 23.1 Å². The summed E-state index contributed by atoms with van der Waals surface area (Å²) in [5.74, 6) is -4.58. The summed E-state index contributed by atoms with van der Waals surface area (Å²) in [5, 5.41) is 18.8. The molecule has 1 aromatic heterocycles. The molecule has 2 N–H and O–H groups in total. The molecule has 0 aliphatic carbocycles. The second kappa shape index (κ2) is 22.6. The number of aryl methyl sites for hydroxylation is 1. The van der Waals surface area contributed by atoms with E-state index in [0.29, 0.717) is 23.4 Å². The summed E-state index contributed by atoms with van der Waals surface area (Å²) < 4.78 is 26.6. The van der Waals surface area contributed by atoms with Crippen molar-refractivity contribution in [3.8, 4) is 0 Å². The average Bonchev–Trinajstić information content (AvgIpc) is 3.17. The summed E-state index contributed by atoms with van der Waals surface area (Å²) in [6.07, 6.45) is 10.2. The third-order valence-corrected chi connectivity index (χ3v) is 7.73. The van der Waals surface area contributed by atoms with Crippen LogP contribution < -0.4 is 10.2 Å². The lowest BCUT2D eigenvalue weighted by molar-refractivity contribution is 0.0697. The van der Waals surface area contributed by atoms with Crippen LogP contribution in [0.15, 0.2) is 146 Å². The molecule has 9 heteroatoms. The number of nitrogens with zero attached hydrogens (tertiary/aromatic N) is 3. The highest BCUT2D eigenvalue weighted by Gasteiger charge is 2.19. The molecule has 0 fully saturated rings. The minimum absolute atomic E-state index is 0.140. The van der Waals surface area contributed by atoms with Crippen LogP contribution in [0, 0.1) is 18.6 Å². The highest BCUT2D eigenvalue weighted by Crippen LogP contribution is 2.25. The maximum Gasteiger partial charge on any atom is 0.337 e. The minimum atomic E-state index is -1.52. The Morgan fingerprint density at radius 1 is 0.830 bits per heavy atom. The molecule has 0 atom stereocenters. The van der Waals surface area contributed by atoms with Crippen molar-refractivity contribution in [2.45, 2.75) is 53.4 Å². The predicted molar refractivity (Wildman–Crippen MR) is 213 cm³/mol. The van der Waals surface area contributed by atoms with Crippen LogP contribution in [0.4, 0.5) is 20.3 Å². The number of anilines is 2. The fourth-order valence-electron chi connectivity index (χ4n) is 4.37. The zero-order chi connectivity index (χ0) is 39.2. The van der Waals surface area contributed by atoms with Gasteiger partial charge in [-0.15, -0.1) is 10.2 Å². The van der Waals surface area contributed by atoms with Gasteiger partial charge in [0.25, 0.3) is 5.91 Å². The van der Waals surface area contributed by atoms with E-state index in [-0.39, 0.29) is 5.69 Å². The number of halogens is 2. The van der Waals surface area contributed by atoms with Crippen LogP contribution in [0.5, 0.6) is 0 Å². The van der Waals surface area contributed by atoms with Crippen molar-refractivity contribution in [3.63, 3.8) is 0 Å². The van der Waals surface area contributed by atoms with Gasteiger partial charge in [-0.05, 0) is 61.9 Å². The van der Waals surface area contributed by atoms with E-state index in [1.807, 2.05) is 49.4 Å². The molecular weight excluding hydrogens is 671 g/mol. The summed E-state index contributed by atoms with van der Waals surface area (Å²) in [7, 11) is 0. The molecule has 0 spiro atoms. The fraction of sp³-hybridized carbons (Fsp3) is 0.182. The second-order valence-corrected chi connectivity index (χ2v) is 12.1. The molecular formula is C44H48F2N4O3. The van der Waals surface area contributed by atoms with Gasteiger partial charge in [-0.25, -0.2) is 13.6 Å². The standard InChI is InChI=1S/C17H14F2N4O3.C11H16.C9H10.C7H8/c1-3-7-23(4-2)15-6-5-13(21-22-15)16(24)20-14-9-12(19)11(18)8-10(14)17(25)26;1-4-11(2,3)10-8-6-5-7-9-10;1-2-6-9-7-4-3-5-8-9;1-7-5-3-2-4-6-7/h3-9H,2H2,1H3,(H,20,24)(H,25,26);5-9H,4H2,1-3H3;2-8H,1H3;2-6H,1H3/b7-3-;;6-2+;. The molecule has 53 heavy (non-hydrogen) atoms. The molecule has 276 valence electrons. The zero-order valence-corrected chi connectivity index (χ0v) is 31.1. The van der Waals surface area contributed by atoms with E-state index in [9.17, 15) is 18.4 Å². The van der Waals surface area contributed by atoms with E-state index >= 15 is 0 Å². The van der Waals surface area contributed by atoms with E-state index < -0.39 is 34.8 Å². The van der Waals surface area contributed by atoms with Crippen molar-refractivity contribution in [2.75, 3.05) is 10.2 Å². The summed E-state index contributed by atoms with van der Waals surface area (Å²) >= 11 is 0.